The van der Waals surface area contributed by atoms with Crippen LogP contribution in [0.2, 0.25) is 0 Å². The van der Waals surface area contributed by atoms with E-state index in [2.05, 4.69) is 0 Å². The van der Waals surface area contributed by atoms with Gasteiger partial charge in [-0.15, -0.1) is 0 Å². The average Bonchev–Trinajstić information content (AvgIpc) is 2.27. The zero-order chi connectivity index (χ0) is 13.5. The van der Waals surface area contributed by atoms with Crippen LogP contribution in [0.15, 0.2) is 18.2 Å². The molecule has 102 valence electrons. The highest BCUT2D eigenvalue weighted by molar-refractivity contribution is 5.60. The van der Waals surface area contributed by atoms with Gasteiger partial charge in [-0.3, -0.25) is 0 Å². The van der Waals surface area contributed by atoms with Crippen molar-refractivity contribution >= 4 is 11.4 Å². The molecule has 0 aromatic heterocycles. The molecule has 1 aromatic carbocycles. The third-order valence-corrected chi connectivity index (χ3v) is 2.32. The number of nitrogens with two attached hydrogens (primary N) is 1. The van der Waals surface area contributed by atoms with Gasteiger partial charge in [0.15, 0.2) is 0 Å². The summed E-state index contributed by atoms with van der Waals surface area (Å²) in [5.41, 5.74) is 6.66. The van der Waals surface area contributed by atoms with Crippen LogP contribution in [0.25, 0.3) is 0 Å². The predicted molar refractivity (Wildman–Crippen MR) is 67.3 cm³/mol. The van der Waals surface area contributed by atoms with E-state index in [-0.39, 0.29) is 13.2 Å². The minimum Gasteiger partial charge on any atom is -0.494 e. The Morgan fingerprint density at radius 1 is 1.39 bits per heavy atom. The van der Waals surface area contributed by atoms with Gasteiger partial charge in [0.2, 0.25) is 0 Å². The zero-order valence-electron chi connectivity index (χ0n) is 10.3. The smallest absolute Gasteiger partial charge is 0.255 e. The number of anilines is 2. The third kappa shape index (κ3) is 4.37. The Labute approximate surface area is 105 Å². The van der Waals surface area contributed by atoms with Crippen molar-refractivity contribution in [1.29, 1.82) is 0 Å². The molecule has 0 aliphatic rings. The second kappa shape index (κ2) is 7.00. The Kier molecular flexibility index (Phi) is 5.64. The van der Waals surface area contributed by atoms with Crippen LogP contribution < -0.4 is 15.4 Å². The van der Waals surface area contributed by atoms with E-state index in [1.54, 1.807) is 18.2 Å². The van der Waals surface area contributed by atoms with Crippen LogP contribution in [0.3, 0.4) is 0 Å². The van der Waals surface area contributed by atoms with Crippen LogP contribution in [0, 0.1) is 0 Å². The molecule has 4 nitrogen and oxygen atoms in total. The van der Waals surface area contributed by atoms with Gasteiger partial charge in [0.1, 0.15) is 5.75 Å². The van der Waals surface area contributed by atoms with Crippen molar-refractivity contribution < 1.29 is 18.6 Å². The lowest BCUT2D eigenvalue weighted by Gasteiger charge is -2.24. The number of nitrogens with zero attached hydrogens (tertiary/aromatic N) is 1. The van der Waals surface area contributed by atoms with Gasteiger partial charge in [0, 0.05) is 30.1 Å². The highest BCUT2D eigenvalue weighted by atomic mass is 19.3. The van der Waals surface area contributed by atoms with Crippen LogP contribution in [-0.4, -0.2) is 37.8 Å². The zero-order valence-corrected chi connectivity index (χ0v) is 10.3. The van der Waals surface area contributed by atoms with Gasteiger partial charge in [-0.1, -0.05) is 0 Å². The molecule has 0 amide bonds. The number of nitrogen functional groups attached to an aromatic ring is 1. The Bertz CT molecular complexity index is 375. The van der Waals surface area contributed by atoms with Crippen LogP contribution in [0.4, 0.5) is 20.2 Å². The fourth-order valence-corrected chi connectivity index (χ4v) is 1.65. The summed E-state index contributed by atoms with van der Waals surface area (Å²) < 4.78 is 30.2. The van der Waals surface area contributed by atoms with Gasteiger partial charge >= 0.3 is 0 Å². The molecule has 0 atom stereocenters. The van der Waals surface area contributed by atoms with E-state index in [9.17, 15) is 8.78 Å². The number of hydrogen-bond donors (Lipinski definition) is 2. The molecule has 0 bridgehead atoms. The second-order valence-electron chi connectivity index (χ2n) is 3.75. The summed E-state index contributed by atoms with van der Waals surface area (Å²) in [7, 11) is 0. The number of ether oxygens (including phenoxy) is 1. The summed E-state index contributed by atoms with van der Waals surface area (Å²) in [5.74, 6) is 0.532. The largest absolute Gasteiger partial charge is 0.494 e. The maximum Gasteiger partial charge on any atom is 0.255 e. The monoisotopic (exact) mass is 260 g/mol. The molecule has 0 saturated heterocycles. The van der Waals surface area contributed by atoms with Gasteiger partial charge in [-0.2, -0.15) is 0 Å². The van der Waals surface area contributed by atoms with Crippen molar-refractivity contribution in [1.82, 2.24) is 0 Å². The van der Waals surface area contributed by atoms with Crippen LogP contribution in [0.1, 0.15) is 6.92 Å². The van der Waals surface area contributed by atoms with Gasteiger partial charge in [0.25, 0.3) is 6.43 Å². The third-order valence-electron chi connectivity index (χ3n) is 2.32. The number of hydrogen-bond acceptors (Lipinski definition) is 4. The average molecular weight is 260 g/mol. The van der Waals surface area contributed by atoms with E-state index in [4.69, 9.17) is 15.6 Å². The first-order valence-electron chi connectivity index (χ1n) is 5.74. The minimum atomic E-state index is -2.48. The summed E-state index contributed by atoms with van der Waals surface area (Å²) >= 11 is 0. The fraction of sp³-hybridized carbons (Fsp3) is 0.500. The van der Waals surface area contributed by atoms with E-state index in [1.807, 2.05) is 6.92 Å². The van der Waals surface area contributed by atoms with Crippen LogP contribution >= 0.6 is 0 Å². The van der Waals surface area contributed by atoms with E-state index >= 15 is 0 Å². The van der Waals surface area contributed by atoms with Crippen LogP contribution in [-0.2, 0) is 0 Å². The Hall–Kier alpha value is -1.56. The first-order valence-corrected chi connectivity index (χ1v) is 5.74. The van der Waals surface area contributed by atoms with Crippen molar-refractivity contribution in [2.75, 3.05) is 36.9 Å². The number of benzene rings is 1. The van der Waals surface area contributed by atoms with Crippen LogP contribution in [0.5, 0.6) is 5.75 Å². The van der Waals surface area contributed by atoms with Crippen molar-refractivity contribution in [3.63, 3.8) is 0 Å². The lowest BCUT2D eigenvalue weighted by molar-refractivity contribution is 0.153. The maximum absolute atomic E-state index is 12.5. The van der Waals surface area contributed by atoms with Gasteiger partial charge in [0.05, 0.1) is 19.8 Å². The van der Waals surface area contributed by atoms with E-state index < -0.39 is 13.0 Å². The Balaban J connectivity index is 2.95. The maximum atomic E-state index is 12.5. The molecule has 1 rings (SSSR count). The van der Waals surface area contributed by atoms with Crippen molar-refractivity contribution in [2.24, 2.45) is 0 Å². The van der Waals surface area contributed by atoms with E-state index in [1.165, 1.54) is 4.90 Å². The summed E-state index contributed by atoms with van der Waals surface area (Å²) in [4.78, 5) is 1.38. The highest BCUT2D eigenvalue weighted by Crippen LogP contribution is 2.26. The standard InChI is InChI=1S/C12H18F2N2O2/c1-2-18-11-6-9(15)5-10(7-11)16(3-4-17)8-12(13)14/h5-7,12,17H,2-4,8,15H2,1H3. The van der Waals surface area contributed by atoms with Gasteiger partial charge in [-0.25, -0.2) is 8.78 Å². The first-order chi connectivity index (χ1) is 8.56. The number of alkyl halides is 2. The van der Waals surface area contributed by atoms with E-state index in [0.717, 1.165) is 0 Å². The number of aliphatic hydroxyl groups is 1. The topological polar surface area (TPSA) is 58.7 Å². The normalized spacial score (nSPS) is 10.7. The molecule has 3 N–H and O–H groups in total. The number of rotatable bonds is 7. The summed E-state index contributed by atoms with van der Waals surface area (Å²) in [6.07, 6.45) is -2.48. The highest BCUT2D eigenvalue weighted by Gasteiger charge is 2.13. The molecule has 0 heterocycles. The Morgan fingerprint density at radius 2 is 2.11 bits per heavy atom. The molecular weight excluding hydrogens is 242 g/mol. The van der Waals surface area contributed by atoms with Gasteiger partial charge < -0.3 is 20.5 Å². The molecule has 1 aromatic rings. The number of aliphatic hydroxyl groups excluding tert-OH is 1. The van der Waals surface area contributed by atoms with Crippen molar-refractivity contribution in [2.45, 2.75) is 13.3 Å². The molecule has 18 heavy (non-hydrogen) atoms. The lowest BCUT2D eigenvalue weighted by atomic mass is 10.2. The molecule has 0 aliphatic heterocycles. The molecular formula is C12H18F2N2O2. The quantitative estimate of drug-likeness (QED) is 0.733. The number of halogens is 2. The lowest BCUT2D eigenvalue weighted by Crippen LogP contribution is -2.31. The van der Waals surface area contributed by atoms with Crippen molar-refractivity contribution in [3.8, 4) is 5.75 Å². The molecule has 0 saturated carbocycles. The molecule has 0 fully saturated rings. The molecule has 0 unspecified atom stereocenters. The second-order valence-corrected chi connectivity index (χ2v) is 3.75. The van der Waals surface area contributed by atoms with Gasteiger partial charge in [-0.05, 0) is 13.0 Å². The van der Waals surface area contributed by atoms with E-state index in [0.29, 0.717) is 23.7 Å². The molecule has 0 radical (unpaired) electrons. The summed E-state index contributed by atoms with van der Waals surface area (Å²) in [6.45, 7) is 1.77. The minimum absolute atomic E-state index is 0.124. The first kappa shape index (κ1) is 14.5. The summed E-state index contributed by atoms with van der Waals surface area (Å²) in [6, 6.07) is 4.85. The van der Waals surface area contributed by atoms with Crippen molar-refractivity contribution in [3.05, 3.63) is 18.2 Å². The molecule has 0 spiro atoms. The molecule has 6 heteroatoms. The predicted octanol–water partition coefficient (Wildman–Crippen LogP) is 1.73. The SMILES string of the molecule is CCOc1cc(N)cc(N(CCO)CC(F)F)c1. The fourth-order valence-electron chi connectivity index (χ4n) is 1.65. The Morgan fingerprint density at radius 3 is 2.67 bits per heavy atom. The molecule has 0 aliphatic carbocycles. The summed E-state index contributed by atoms with van der Waals surface area (Å²) in [5, 5.41) is 8.90.